The van der Waals surface area contributed by atoms with E-state index in [4.69, 9.17) is 0 Å². The molecule has 1 aliphatic heterocycles. The molecule has 0 saturated heterocycles. The van der Waals surface area contributed by atoms with Gasteiger partial charge >= 0.3 is 0 Å². The van der Waals surface area contributed by atoms with Crippen molar-refractivity contribution in [2.45, 2.75) is 31.7 Å². The third kappa shape index (κ3) is 2.32. The minimum atomic E-state index is -0.217. The topological polar surface area (TPSA) is 55.2 Å². The summed E-state index contributed by atoms with van der Waals surface area (Å²) >= 11 is 0. The van der Waals surface area contributed by atoms with Gasteiger partial charge in [-0.25, -0.2) is 4.68 Å². The first-order valence-corrected chi connectivity index (χ1v) is 7.69. The molecule has 1 amide bonds. The number of carbonyl (C=O) groups is 1. The predicted molar refractivity (Wildman–Crippen MR) is 83.0 cm³/mol. The fourth-order valence-electron chi connectivity index (χ4n) is 2.99. The lowest BCUT2D eigenvalue weighted by molar-refractivity contribution is -0.119. The summed E-state index contributed by atoms with van der Waals surface area (Å²) in [5.41, 5.74) is 2.85. The minimum absolute atomic E-state index is 0.00767. The predicted octanol–water partition coefficient (Wildman–Crippen LogP) is 1.71. The Morgan fingerprint density at radius 2 is 2.00 bits per heavy atom. The number of aromatic nitrogens is 2. The zero-order valence-electron chi connectivity index (χ0n) is 12.2. The van der Waals surface area contributed by atoms with E-state index in [-0.39, 0.29) is 18.0 Å². The Balaban J connectivity index is 1.58. The fourth-order valence-corrected chi connectivity index (χ4v) is 2.99. The molecule has 0 unspecified atom stereocenters. The Labute approximate surface area is 128 Å². The van der Waals surface area contributed by atoms with Gasteiger partial charge in [0.05, 0.1) is 5.69 Å². The standard InChI is InChI=1S/C17H17N3O2/c21-16-8-7-14(12-5-6-12)18-20(16)11-17(22)19-10-9-13-3-1-2-4-15(13)19/h1-4,7-8,12H,5-6,9-11H2. The van der Waals surface area contributed by atoms with Gasteiger partial charge in [-0.1, -0.05) is 18.2 Å². The molecule has 1 fully saturated rings. The maximum Gasteiger partial charge on any atom is 0.267 e. The Morgan fingerprint density at radius 3 is 2.82 bits per heavy atom. The van der Waals surface area contributed by atoms with E-state index in [0.717, 1.165) is 30.6 Å². The van der Waals surface area contributed by atoms with Gasteiger partial charge in [-0.2, -0.15) is 5.10 Å². The Morgan fingerprint density at radius 1 is 1.18 bits per heavy atom. The Kier molecular flexibility index (Phi) is 3.06. The van der Waals surface area contributed by atoms with Crippen LogP contribution in [0.2, 0.25) is 0 Å². The molecule has 0 spiro atoms. The summed E-state index contributed by atoms with van der Waals surface area (Å²) in [6, 6.07) is 11.2. The van der Waals surface area contributed by atoms with Crippen molar-refractivity contribution in [3.05, 3.63) is 58.0 Å². The van der Waals surface area contributed by atoms with Crippen molar-refractivity contribution in [2.75, 3.05) is 11.4 Å². The van der Waals surface area contributed by atoms with E-state index in [2.05, 4.69) is 5.10 Å². The number of fused-ring (bicyclic) bond motifs is 1. The Bertz CT molecular complexity index is 792. The average molecular weight is 295 g/mol. The van der Waals surface area contributed by atoms with E-state index in [1.165, 1.54) is 16.3 Å². The number of hydrogen-bond donors (Lipinski definition) is 0. The van der Waals surface area contributed by atoms with E-state index in [9.17, 15) is 9.59 Å². The van der Waals surface area contributed by atoms with Crippen molar-refractivity contribution in [1.29, 1.82) is 0 Å². The molecule has 0 atom stereocenters. The van der Waals surface area contributed by atoms with Gasteiger partial charge in [0.25, 0.3) is 5.56 Å². The molecule has 112 valence electrons. The number of para-hydroxylation sites is 1. The van der Waals surface area contributed by atoms with Crippen LogP contribution in [-0.4, -0.2) is 22.2 Å². The van der Waals surface area contributed by atoms with Crippen molar-refractivity contribution in [1.82, 2.24) is 9.78 Å². The first-order valence-electron chi connectivity index (χ1n) is 7.69. The van der Waals surface area contributed by atoms with E-state index in [1.807, 2.05) is 24.3 Å². The quantitative estimate of drug-likeness (QED) is 0.866. The van der Waals surface area contributed by atoms with Crippen LogP contribution >= 0.6 is 0 Å². The number of benzene rings is 1. The van der Waals surface area contributed by atoms with Crippen molar-refractivity contribution in [3.63, 3.8) is 0 Å². The van der Waals surface area contributed by atoms with Crippen molar-refractivity contribution < 1.29 is 4.79 Å². The van der Waals surface area contributed by atoms with Crippen LogP contribution in [0.25, 0.3) is 0 Å². The molecular formula is C17H17N3O2. The van der Waals surface area contributed by atoms with Crippen molar-refractivity contribution >= 4 is 11.6 Å². The summed E-state index contributed by atoms with van der Waals surface area (Å²) in [6.45, 7) is 0.684. The molecule has 4 rings (SSSR count). The summed E-state index contributed by atoms with van der Waals surface area (Å²) in [7, 11) is 0. The zero-order valence-corrected chi connectivity index (χ0v) is 12.2. The first kappa shape index (κ1) is 13.2. The molecule has 22 heavy (non-hydrogen) atoms. The summed E-state index contributed by atoms with van der Waals surface area (Å²) in [6.07, 6.45) is 3.11. The van der Waals surface area contributed by atoms with E-state index < -0.39 is 0 Å². The summed E-state index contributed by atoms with van der Waals surface area (Å²) in [5.74, 6) is 0.391. The maximum atomic E-state index is 12.6. The molecular weight excluding hydrogens is 278 g/mol. The fraction of sp³-hybridized carbons (Fsp3) is 0.353. The molecule has 0 N–H and O–H groups in total. The average Bonchev–Trinajstić information content (AvgIpc) is 3.28. The van der Waals surface area contributed by atoms with Gasteiger partial charge in [0, 0.05) is 24.2 Å². The molecule has 1 aromatic heterocycles. The second kappa shape index (κ2) is 5.09. The van der Waals surface area contributed by atoms with Gasteiger partial charge in [-0.05, 0) is 37.0 Å². The molecule has 2 aliphatic rings. The summed E-state index contributed by atoms with van der Waals surface area (Å²) in [4.78, 5) is 26.2. The Hall–Kier alpha value is -2.43. The molecule has 1 aromatic carbocycles. The van der Waals surface area contributed by atoms with Crippen LogP contribution in [-0.2, 0) is 17.8 Å². The number of nitrogens with zero attached hydrogens (tertiary/aromatic N) is 3. The molecule has 0 radical (unpaired) electrons. The van der Waals surface area contributed by atoms with Crippen molar-refractivity contribution in [3.8, 4) is 0 Å². The molecule has 1 aliphatic carbocycles. The van der Waals surface area contributed by atoms with Crippen LogP contribution < -0.4 is 10.5 Å². The highest BCUT2D eigenvalue weighted by Gasteiger charge is 2.27. The number of amides is 1. The molecule has 1 saturated carbocycles. The summed E-state index contributed by atoms with van der Waals surface area (Å²) in [5, 5.41) is 4.36. The van der Waals surface area contributed by atoms with Gasteiger partial charge in [-0.3, -0.25) is 9.59 Å². The van der Waals surface area contributed by atoms with Gasteiger partial charge in [0.1, 0.15) is 6.54 Å². The van der Waals surface area contributed by atoms with E-state index in [1.54, 1.807) is 11.0 Å². The van der Waals surface area contributed by atoms with Gasteiger partial charge in [0.15, 0.2) is 0 Å². The zero-order chi connectivity index (χ0) is 15.1. The smallest absolute Gasteiger partial charge is 0.267 e. The normalized spacial score (nSPS) is 16.6. The van der Waals surface area contributed by atoms with Crippen LogP contribution in [0, 0.1) is 0 Å². The van der Waals surface area contributed by atoms with Gasteiger partial charge < -0.3 is 4.90 Å². The minimum Gasteiger partial charge on any atom is -0.310 e. The molecule has 5 nitrogen and oxygen atoms in total. The lowest BCUT2D eigenvalue weighted by Gasteiger charge is -2.17. The highest BCUT2D eigenvalue weighted by atomic mass is 16.2. The second-order valence-corrected chi connectivity index (χ2v) is 5.95. The highest BCUT2D eigenvalue weighted by Crippen LogP contribution is 2.38. The number of anilines is 1. The number of rotatable bonds is 3. The molecule has 0 bridgehead atoms. The molecule has 2 heterocycles. The van der Waals surface area contributed by atoms with Crippen molar-refractivity contribution in [2.24, 2.45) is 0 Å². The van der Waals surface area contributed by atoms with Crippen LogP contribution in [0.1, 0.15) is 30.0 Å². The second-order valence-electron chi connectivity index (χ2n) is 5.95. The maximum absolute atomic E-state index is 12.6. The van der Waals surface area contributed by atoms with Crippen LogP contribution in [0.4, 0.5) is 5.69 Å². The van der Waals surface area contributed by atoms with E-state index >= 15 is 0 Å². The van der Waals surface area contributed by atoms with Gasteiger partial charge in [-0.15, -0.1) is 0 Å². The summed E-state index contributed by atoms with van der Waals surface area (Å²) < 4.78 is 1.30. The van der Waals surface area contributed by atoms with Crippen LogP contribution in [0.5, 0.6) is 0 Å². The molecule has 2 aromatic rings. The van der Waals surface area contributed by atoms with E-state index in [0.29, 0.717) is 12.5 Å². The number of hydrogen-bond acceptors (Lipinski definition) is 3. The highest BCUT2D eigenvalue weighted by molar-refractivity contribution is 5.95. The van der Waals surface area contributed by atoms with Gasteiger partial charge in [0.2, 0.25) is 5.91 Å². The third-order valence-corrected chi connectivity index (χ3v) is 4.36. The first-order chi connectivity index (χ1) is 10.7. The van der Waals surface area contributed by atoms with Crippen LogP contribution in [0.15, 0.2) is 41.2 Å². The number of carbonyl (C=O) groups excluding carboxylic acids is 1. The lowest BCUT2D eigenvalue weighted by Crippen LogP contribution is -2.36. The SMILES string of the molecule is O=C(Cn1nc(C2CC2)ccc1=O)N1CCc2ccccc21. The largest absolute Gasteiger partial charge is 0.310 e. The molecule has 5 heteroatoms. The van der Waals surface area contributed by atoms with Crippen LogP contribution in [0.3, 0.4) is 0 Å². The third-order valence-electron chi connectivity index (χ3n) is 4.36. The monoisotopic (exact) mass is 295 g/mol. The lowest BCUT2D eigenvalue weighted by atomic mass is 10.2.